The fourth-order valence-corrected chi connectivity index (χ4v) is 3.69. The molecule has 1 aromatic heterocycles. The second-order valence-electron chi connectivity index (χ2n) is 6.28. The van der Waals surface area contributed by atoms with E-state index in [-0.39, 0.29) is 36.7 Å². The molecule has 1 aliphatic rings. The minimum Gasteiger partial charge on any atom is -0.387 e. The van der Waals surface area contributed by atoms with Gasteiger partial charge in [-0.1, -0.05) is 23.2 Å². The van der Waals surface area contributed by atoms with Crippen LogP contribution >= 0.6 is 35.6 Å². The van der Waals surface area contributed by atoms with Gasteiger partial charge in [-0.15, -0.1) is 12.4 Å². The summed E-state index contributed by atoms with van der Waals surface area (Å²) in [7, 11) is 1.85. The quantitative estimate of drug-likeness (QED) is 0.695. The SMILES string of the molecule is Cl.Cn1cc([C@H]2CNC[C@@H]2C(=O)NCC(O)c2cc(Cl)cc(Cl)c2)cn1. The molecule has 3 N–H and O–H groups in total. The molecule has 26 heavy (non-hydrogen) atoms. The van der Waals surface area contributed by atoms with E-state index in [0.29, 0.717) is 22.2 Å². The number of amides is 1. The molecule has 1 aromatic carbocycles. The average Bonchev–Trinajstić information content (AvgIpc) is 3.19. The van der Waals surface area contributed by atoms with Crippen molar-refractivity contribution in [3.8, 4) is 0 Å². The van der Waals surface area contributed by atoms with Crippen molar-refractivity contribution < 1.29 is 9.90 Å². The summed E-state index contributed by atoms with van der Waals surface area (Å²) in [6, 6.07) is 4.88. The van der Waals surface area contributed by atoms with Crippen LogP contribution in [0.4, 0.5) is 0 Å². The maximum absolute atomic E-state index is 12.6. The van der Waals surface area contributed by atoms with Gasteiger partial charge in [0.05, 0.1) is 18.2 Å². The van der Waals surface area contributed by atoms with Crippen LogP contribution in [0.5, 0.6) is 0 Å². The van der Waals surface area contributed by atoms with Crippen molar-refractivity contribution in [2.75, 3.05) is 19.6 Å². The van der Waals surface area contributed by atoms with Gasteiger partial charge < -0.3 is 15.7 Å². The molecule has 2 aromatic rings. The number of aromatic nitrogens is 2. The number of nitrogens with one attached hydrogen (secondary N) is 2. The number of nitrogens with zero attached hydrogens (tertiary/aromatic N) is 2. The van der Waals surface area contributed by atoms with Gasteiger partial charge in [-0.3, -0.25) is 9.48 Å². The highest BCUT2D eigenvalue weighted by atomic mass is 35.5. The molecule has 0 aliphatic carbocycles. The fraction of sp³-hybridized carbons (Fsp3) is 0.412. The lowest BCUT2D eigenvalue weighted by atomic mass is 9.90. The number of carbonyl (C=O) groups excluding carboxylic acids is 1. The second kappa shape index (κ2) is 9.06. The second-order valence-corrected chi connectivity index (χ2v) is 7.16. The van der Waals surface area contributed by atoms with Crippen LogP contribution in [0, 0.1) is 5.92 Å². The lowest BCUT2D eigenvalue weighted by Crippen LogP contribution is -2.36. The topological polar surface area (TPSA) is 79.2 Å². The number of benzene rings is 1. The maximum atomic E-state index is 12.6. The summed E-state index contributed by atoms with van der Waals surface area (Å²) in [5.41, 5.74) is 1.61. The first kappa shape index (κ1) is 21.0. The standard InChI is InChI=1S/C17H20Cl2N4O2.ClH/c1-23-9-11(5-22-23)14-6-20-7-15(14)17(25)21-8-16(24)10-2-12(18)4-13(19)3-10;/h2-5,9,14-16,20,24H,6-8H2,1H3,(H,21,25);1H/t14-,15+,16?;/m1./s1. The van der Waals surface area contributed by atoms with Gasteiger partial charge in [-0.25, -0.2) is 0 Å². The molecule has 1 aliphatic heterocycles. The number of aryl methyl sites for hydroxylation is 1. The Bertz CT molecular complexity index is 748. The van der Waals surface area contributed by atoms with E-state index in [1.165, 1.54) is 0 Å². The largest absolute Gasteiger partial charge is 0.387 e. The van der Waals surface area contributed by atoms with E-state index >= 15 is 0 Å². The molecule has 2 heterocycles. The average molecular weight is 420 g/mol. The van der Waals surface area contributed by atoms with Gasteiger partial charge in [-0.2, -0.15) is 5.10 Å². The fourth-order valence-electron chi connectivity index (χ4n) is 3.15. The van der Waals surface area contributed by atoms with Crippen LogP contribution < -0.4 is 10.6 Å². The summed E-state index contributed by atoms with van der Waals surface area (Å²) in [5, 5.41) is 21.4. The van der Waals surface area contributed by atoms with E-state index < -0.39 is 6.10 Å². The first-order chi connectivity index (χ1) is 11.9. The predicted molar refractivity (Wildman–Crippen MR) is 104 cm³/mol. The van der Waals surface area contributed by atoms with Crippen LogP contribution in [-0.2, 0) is 11.8 Å². The number of aliphatic hydroxyl groups is 1. The van der Waals surface area contributed by atoms with Crippen LogP contribution in [0.3, 0.4) is 0 Å². The molecule has 1 saturated heterocycles. The molecule has 0 spiro atoms. The Morgan fingerprint density at radius 1 is 1.38 bits per heavy atom. The van der Waals surface area contributed by atoms with E-state index in [4.69, 9.17) is 23.2 Å². The van der Waals surface area contributed by atoms with Crippen molar-refractivity contribution in [1.29, 1.82) is 0 Å². The Morgan fingerprint density at radius 3 is 2.69 bits per heavy atom. The number of rotatable bonds is 5. The van der Waals surface area contributed by atoms with Gasteiger partial charge in [0.15, 0.2) is 0 Å². The third-order valence-electron chi connectivity index (χ3n) is 4.44. The normalized spacial score (nSPS) is 20.5. The van der Waals surface area contributed by atoms with Gasteiger partial charge in [0.2, 0.25) is 5.91 Å². The molecule has 142 valence electrons. The van der Waals surface area contributed by atoms with E-state index in [0.717, 1.165) is 12.1 Å². The van der Waals surface area contributed by atoms with Gasteiger partial charge in [0, 0.05) is 48.8 Å². The van der Waals surface area contributed by atoms with Crippen LogP contribution in [0.2, 0.25) is 10.0 Å². The maximum Gasteiger partial charge on any atom is 0.225 e. The third kappa shape index (κ3) is 4.90. The Labute approximate surface area is 168 Å². The van der Waals surface area contributed by atoms with Crippen molar-refractivity contribution in [2.45, 2.75) is 12.0 Å². The lowest BCUT2D eigenvalue weighted by molar-refractivity contribution is -0.125. The van der Waals surface area contributed by atoms with Gasteiger partial charge in [-0.05, 0) is 29.3 Å². The summed E-state index contributed by atoms with van der Waals surface area (Å²) in [5.74, 6) is -0.211. The van der Waals surface area contributed by atoms with E-state index in [1.807, 2.05) is 13.2 Å². The molecule has 0 radical (unpaired) electrons. The first-order valence-electron chi connectivity index (χ1n) is 8.05. The molecule has 0 saturated carbocycles. The zero-order valence-electron chi connectivity index (χ0n) is 14.2. The highest BCUT2D eigenvalue weighted by molar-refractivity contribution is 6.34. The number of halogens is 3. The Hall–Kier alpha value is -1.31. The third-order valence-corrected chi connectivity index (χ3v) is 4.88. The summed E-state index contributed by atoms with van der Waals surface area (Å²) < 4.78 is 1.73. The number of hydrogen-bond donors (Lipinski definition) is 3. The monoisotopic (exact) mass is 418 g/mol. The number of carbonyl (C=O) groups is 1. The number of aliphatic hydroxyl groups excluding tert-OH is 1. The van der Waals surface area contributed by atoms with Gasteiger partial charge in [0.1, 0.15) is 0 Å². The van der Waals surface area contributed by atoms with Crippen molar-refractivity contribution in [1.82, 2.24) is 20.4 Å². The van der Waals surface area contributed by atoms with Gasteiger partial charge >= 0.3 is 0 Å². The van der Waals surface area contributed by atoms with E-state index in [1.54, 1.807) is 29.1 Å². The molecule has 3 atom stereocenters. The van der Waals surface area contributed by atoms with E-state index in [2.05, 4.69) is 15.7 Å². The molecular weight excluding hydrogens is 399 g/mol. The smallest absolute Gasteiger partial charge is 0.225 e. The Balaban J connectivity index is 0.00000243. The summed E-state index contributed by atoms with van der Waals surface area (Å²) in [4.78, 5) is 12.6. The van der Waals surface area contributed by atoms with Crippen LogP contribution in [-0.4, -0.2) is 40.4 Å². The molecular formula is C17H21Cl3N4O2. The van der Waals surface area contributed by atoms with Gasteiger partial charge in [0.25, 0.3) is 0 Å². The molecule has 1 amide bonds. The summed E-state index contributed by atoms with van der Waals surface area (Å²) in [6.07, 6.45) is 2.85. The summed E-state index contributed by atoms with van der Waals surface area (Å²) in [6.45, 7) is 1.44. The zero-order chi connectivity index (χ0) is 18.0. The summed E-state index contributed by atoms with van der Waals surface area (Å²) >= 11 is 11.9. The molecule has 6 nitrogen and oxygen atoms in total. The van der Waals surface area contributed by atoms with E-state index in [9.17, 15) is 9.90 Å². The van der Waals surface area contributed by atoms with Crippen LogP contribution in [0.25, 0.3) is 0 Å². The molecule has 0 bridgehead atoms. The zero-order valence-corrected chi connectivity index (χ0v) is 16.5. The van der Waals surface area contributed by atoms with Crippen molar-refractivity contribution in [3.63, 3.8) is 0 Å². The Morgan fingerprint density at radius 2 is 2.08 bits per heavy atom. The predicted octanol–water partition coefficient (Wildman–Crippen LogP) is 2.30. The Kier molecular flexibility index (Phi) is 7.32. The highest BCUT2D eigenvalue weighted by Crippen LogP contribution is 2.28. The minimum atomic E-state index is -0.869. The molecule has 1 fully saturated rings. The van der Waals surface area contributed by atoms with Crippen LogP contribution in [0.15, 0.2) is 30.6 Å². The molecule has 1 unspecified atom stereocenters. The van der Waals surface area contributed by atoms with Crippen molar-refractivity contribution in [2.24, 2.45) is 13.0 Å². The van der Waals surface area contributed by atoms with Crippen molar-refractivity contribution in [3.05, 3.63) is 51.8 Å². The van der Waals surface area contributed by atoms with Crippen molar-refractivity contribution >= 4 is 41.5 Å². The number of hydrogen-bond acceptors (Lipinski definition) is 4. The first-order valence-corrected chi connectivity index (χ1v) is 8.80. The van der Waals surface area contributed by atoms with Crippen LogP contribution in [0.1, 0.15) is 23.1 Å². The minimum absolute atomic E-state index is 0. The lowest BCUT2D eigenvalue weighted by Gasteiger charge is -2.19. The molecule has 9 heteroatoms. The highest BCUT2D eigenvalue weighted by Gasteiger charge is 2.34. The molecule has 3 rings (SSSR count).